The van der Waals surface area contributed by atoms with E-state index in [2.05, 4.69) is 22.5 Å². The van der Waals surface area contributed by atoms with Gasteiger partial charge >= 0.3 is 0 Å². The van der Waals surface area contributed by atoms with Gasteiger partial charge in [-0.2, -0.15) is 0 Å². The van der Waals surface area contributed by atoms with Crippen molar-refractivity contribution in [3.05, 3.63) is 42.0 Å². The summed E-state index contributed by atoms with van der Waals surface area (Å²) in [5.74, 6) is -0.0312. The molecule has 5 nitrogen and oxygen atoms in total. The monoisotopic (exact) mass is 377 g/mol. The first kappa shape index (κ1) is 22.4. The van der Waals surface area contributed by atoms with Crippen molar-refractivity contribution in [1.82, 2.24) is 15.6 Å². The zero-order valence-corrected chi connectivity index (χ0v) is 15.0. The van der Waals surface area contributed by atoms with Crippen LogP contribution < -0.4 is 10.6 Å². The van der Waals surface area contributed by atoms with Crippen LogP contribution in [0.4, 0.5) is 4.39 Å². The molecule has 2 aromatic rings. The predicted octanol–water partition coefficient (Wildman–Crippen LogP) is 2.98. The Balaban J connectivity index is 0.00000264. The Morgan fingerprint density at radius 1 is 1.17 bits per heavy atom. The zero-order valence-electron chi connectivity index (χ0n) is 13.4. The van der Waals surface area contributed by atoms with Gasteiger partial charge in [-0.25, -0.2) is 9.37 Å². The maximum absolute atomic E-state index is 12.9. The van der Waals surface area contributed by atoms with E-state index in [4.69, 9.17) is 4.42 Å². The molecule has 24 heavy (non-hydrogen) atoms. The lowest BCUT2D eigenvalue weighted by Gasteiger charge is -2.04. The molecule has 2 rings (SSSR count). The van der Waals surface area contributed by atoms with Gasteiger partial charge in [0.1, 0.15) is 12.1 Å². The molecule has 0 aliphatic rings. The SMILES string of the molecule is CCCNCCNC(=O)Cc1coc(-c2ccc(F)cc2)n1.Cl.Cl. The molecule has 0 atom stereocenters. The molecular weight excluding hydrogens is 356 g/mol. The van der Waals surface area contributed by atoms with Crippen molar-refractivity contribution < 1.29 is 13.6 Å². The third-order valence-electron chi connectivity index (χ3n) is 3.04. The van der Waals surface area contributed by atoms with Gasteiger partial charge in [0.15, 0.2) is 0 Å². The van der Waals surface area contributed by atoms with Gasteiger partial charge in [0.05, 0.1) is 12.1 Å². The average molecular weight is 378 g/mol. The number of rotatable bonds is 8. The van der Waals surface area contributed by atoms with Crippen LogP contribution in [0.1, 0.15) is 19.0 Å². The van der Waals surface area contributed by atoms with Crippen molar-refractivity contribution in [3.8, 4) is 11.5 Å². The first-order valence-corrected chi connectivity index (χ1v) is 7.37. The van der Waals surface area contributed by atoms with Gasteiger partial charge < -0.3 is 15.1 Å². The number of benzene rings is 1. The molecule has 1 heterocycles. The topological polar surface area (TPSA) is 67.2 Å². The van der Waals surface area contributed by atoms with E-state index < -0.39 is 0 Å². The van der Waals surface area contributed by atoms with Crippen molar-refractivity contribution in [2.75, 3.05) is 19.6 Å². The van der Waals surface area contributed by atoms with E-state index in [1.807, 2.05) is 0 Å². The minimum absolute atomic E-state index is 0. The molecule has 1 amide bonds. The van der Waals surface area contributed by atoms with Crippen LogP contribution in [0.2, 0.25) is 0 Å². The van der Waals surface area contributed by atoms with Crippen molar-refractivity contribution in [2.45, 2.75) is 19.8 Å². The number of hydrogen-bond donors (Lipinski definition) is 2. The van der Waals surface area contributed by atoms with Crippen LogP contribution >= 0.6 is 24.8 Å². The second kappa shape index (κ2) is 11.8. The molecule has 0 aliphatic heterocycles. The molecule has 8 heteroatoms. The summed E-state index contributed by atoms with van der Waals surface area (Å²) in [6.07, 6.45) is 2.69. The lowest BCUT2D eigenvalue weighted by Crippen LogP contribution is -2.33. The van der Waals surface area contributed by atoms with E-state index in [1.165, 1.54) is 18.4 Å². The quantitative estimate of drug-likeness (QED) is 0.693. The average Bonchev–Trinajstić information content (AvgIpc) is 2.96. The molecular formula is C16H22Cl2FN3O2. The first-order valence-electron chi connectivity index (χ1n) is 7.37. The van der Waals surface area contributed by atoms with Gasteiger partial charge in [0, 0.05) is 18.7 Å². The van der Waals surface area contributed by atoms with Crippen LogP contribution in [0.5, 0.6) is 0 Å². The summed E-state index contributed by atoms with van der Waals surface area (Å²) in [7, 11) is 0. The number of halogens is 3. The van der Waals surface area contributed by atoms with Crippen LogP contribution in [-0.2, 0) is 11.2 Å². The van der Waals surface area contributed by atoms with Gasteiger partial charge in [0.2, 0.25) is 11.8 Å². The van der Waals surface area contributed by atoms with Crippen LogP contribution in [0.15, 0.2) is 34.9 Å². The minimum Gasteiger partial charge on any atom is -0.444 e. The number of carbonyl (C=O) groups excluding carboxylic acids is 1. The molecule has 1 aromatic carbocycles. The molecule has 0 aliphatic carbocycles. The molecule has 0 fully saturated rings. The number of nitrogens with zero attached hydrogens (tertiary/aromatic N) is 1. The molecule has 0 saturated heterocycles. The number of hydrogen-bond acceptors (Lipinski definition) is 4. The standard InChI is InChI=1S/C16H20FN3O2.2ClH/c1-2-7-18-8-9-19-15(21)10-14-11-22-16(20-14)12-3-5-13(17)6-4-12;;/h3-6,11,18H,2,7-10H2,1H3,(H,19,21);2*1H. The molecule has 2 N–H and O–H groups in total. The van der Waals surface area contributed by atoms with Gasteiger partial charge in [-0.15, -0.1) is 24.8 Å². The van der Waals surface area contributed by atoms with Gasteiger partial charge in [0.25, 0.3) is 0 Å². The second-order valence-electron chi connectivity index (χ2n) is 4.93. The van der Waals surface area contributed by atoms with E-state index in [-0.39, 0.29) is 43.0 Å². The lowest BCUT2D eigenvalue weighted by molar-refractivity contribution is -0.120. The van der Waals surface area contributed by atoms with Crippen LogP contribution in [0.25, 0.3) is 11.5 Å². The Kier molecular flexibility index (Phi) is 11.0. The van der Waals surface area contributed by atoms with Crippen LogP contribution in [0.3, 0.4) is 0 Å². The molecule has 0 spiro atoms. The van der Waals surface area contributed by atoms with E-state index in [9.17, 15) is 9.18 Å². The number of carbonyl (C=O) groups is 1. The highest BCUT2D eigenvalue weighted by Gasteiger charge is 2.10. The van der Waals surface area contributed by atoms with E-state index in [1.54, 1.807) is 12.1 Å². The van der Waals surface area contributed by atoms with E-state index in [0.717, 1.165) is 19.5 Å². The fourth-order valence-corrected chi connectivity index (χ4v) is 1.93. The lowest BCUT2D eigenvalue weighted by atomic mass is 10.2. The van der Waals surface area contributed by atoms with Crippen molar-refractivity contribution in [2.24, 2.45) is 0 Å². The zero-order chi connectivity index (χ0) is 15.8. The predicted molar refractivity (Wildman–Crippen MR) is 96.3 cm³/mol. The fourth-order valence-electron chi connectivity index (χ4n) is 1.93. The maximum Gasteiger partial charge on any atom is 0.226 e. The fraction of sp³-hybridized carbons (Fsp3) is 0.375. The highest BCUT2D eigenvalue weighted by Crippen LogP contribution is 2.19. The van der Waals surface area contributed by atoms with E-state index in [0.29, 0.717) is 23.7 Å². The highest BCUT2D eigenvalue weighted by molar-refractivity contribution is 5.85. The second-order valence-corrected chi connectivity index (χ2v) is 4.93. The van der Waals surface area contributed by atoms with Crippen LogP contribution in [0, 0.1) is 5.82 Å². The van der Waals surface area contributed by atoms with Crippen molar-refractivity contribution >= 4 is 30.7 Å². The Morgan fingerprint density at radius 3 is 2.54 bits per heavy atom. The first-order chi connectivity index (χ1) is 10.7. The molecule has 0 saturated carbocycles. The smallest absolute Gasteiger partial charge is 0.226 e. The summed E-state index contributed by atoms with van der Waals surface area (Å²) in [5, 5.41) is 6.02. The van der Waals surface area contributed by atoms with Crippen molar-refractivity contribution in [1.29, 1.82) is 0 Å². The summed E-state index contributed by atoms with van der Waals surface area (Å²) >= 11 is 0. The summed E-state index contributed by atoms with van der Waals surface area (Å²) in [5.41, 5.74) is 1.23. The Morgan fingerprint density at radius 2 is 1.88 bits per heavy atom. The summed E-state index contributed by atoms with van der Waals surface area (Å²) < 4.78 is 18.2. The number of amides is 1. The third kappa shape index (κ3) is 7.29. The molecule has 0 unspecified atom stereocenters. The summed E-state index contributed by atoms with van der Waals surface area (Å²) in [4.78, 5) is 16.0. The summed E-state index contributed by atoms with van der Waals surface area (Å²) in [6, 6.07) is 5.86. The van der Waals surface area contributed by atoms with E-state index >= 15 is 0 Å². The normalized spacial score (nSPS) is 9.75. The molecule has 0 radical (unpaired) electrons. The highest BCUT2D eigenvalue weighted by atomic mass is 35.5. The maximum atomic E-state index is 12.9. The molecule has 134 valence electrons. The Labute approximate surface area is 153 Å². The Bertz CT molecular complexity index is 606. The molecule has 0 bridgehead atoms. The minimum atomic E-state index is -0.313. The number of oxazole rings is 1. The van der Waals surface area contributed by atoms with Crippen molar-refractivity contribution in [3.63, 3.8) is 0 Å². The largest absolute Gasteiger partial charge is 0.444 e. The van der Waals surface area contributed by atoms with Gasteiger partial charge in [-0.05, 0) is 37.2 Å². The third-order valence-corrected chi connectivity index (χ3v) is 3.04. The number of nitrogens with one attached hydrogen (secondary N) is 2. The van der Waals surface area contributed by atoms with Gasteiger partial charge in [-0.3, -0.25) is 4.79 Å². The summed E-state index contributed by atoms with van der Waals surface area (Å²) in [6.45, 7) is 4.37. The van der Waals surface area contributed by atoms with Gasteiger partial charge in [-0.1, -0.05) is 6.92 Å². The number of aromatic nitrogens is 1. The van der Waals surface area contributed by atoms with Crippen LogP contribution in [-0.4, -0.2) is 30.5 Å². The molecule has 1 aromatic heterocycles. The Hall–Kier alpha value is -1.63.